The first-order chi connectivity index (χ1) is 7.16. The van der Waals surface area contributed by atoms with Crippen LogP contribution in [-0.4, -0.2) is 18.7 Å². The van der Waals surface area contributed by atoms with Crippen molar-refractivity contribution in [2.45, 2.75) is 65.0 Å². The smallest absolute Gasteiger partial charge is 0.302 e. The van der Waals surface area contributed by atoms with Crippen LogP contribution in [0.2, 0.25) is 0 Å². The SMILES string of the molecule is CCCCCCCCC(F)COC(C)=O. The Morgan fingerprint density at radius 2 is 1.80 bits per heavy atom. The first-order valence-electron chi connectivity index (χ1n) is 5.94. The van der Waals surface area contributed by atoms with Crippen molar-refractivity contribution in [3.05, 3.63) is 0 Å². The van der Waals surface area contributed by atoms with Gasteiger partial charge in [0.15, 0.2) is 0 Å². The predicted molar refractivity (Wildman–Crippen MR) is 59.5 cm³/mol. The zero-order valence-electron chi connectivity index (χ0n) is 9.93. The lowest BCUT2D eigenvalue weighted by Gasteiger charge is -2.07. The third-order valence-corrected chi connectivity index (χ3v) is 2.34. The van der Waals surface area contributed by atoms with Gasteiger partial charge in [0.25, 0.3) is 0 Å². The molecule has 0 aromatic carbocycles. The maximum atomic E-state index is 13.1. The van der Waals surface area contributed by atoms with E-state index in [0.717, 1.165) is 12.8 Å². The molecule has 0 aliphatic carbocycles. The molecule has 0 heterocycles. The van der Waals surface area contributed by atoms with Crippen LogP contribution in [0.25, 0.3) is 0 Å². The van der Waals surface area contributed by atoms with Crippen LogP contribution in [0.3, 0.4) is 0 Å². The van der Waals surface area contributed by atoms with Crippen LogP contribution < -0.4 is 0 Å². The maximum Gasteiger partial charge on any atom is 0.302 e. The normalized spacial score (nSPS) is 12.5. The van der Waals surface area contributed by atoms with Crippen LogP contribution in [0.4, 0.5) is 4.39 Å². The van der Waals surface area contributed by atoms with Crippen molar-refractivity contribution in [1.29, 1.82) is 0 Å². The Morgan fingerprint density at radius 3 is 2.40 bits per heavy atom. The topological polar surface area (TPSA) is 26.3 Å². The zero-order valence-corrected chi connectivity index (χ0v) is 9.93. The molecule has 90 valence electrons. The van der Waals surface area contributed by atoms with Gasteiger partial charge in [-0.15, -0.1) is 0 Å². The van der Waals surface area contributed by atoms with Crippen LogP contribution in [0.1, 0.15) is 58.8 Å². The van der Waals surface area contributed by atoms with Gasteiger partial charge in [-0.2, -0.15) is 0 Å². The van der Waals surface area contributed by atoms with Gasteiger partial charge >= 0.3 is 5.97 Å². The molecule has 0 fully saturated rings. The Bertz CT molecular complexity index is 160. The lowest BCUT2D eigenvalue weighted by molar-refractivity contribution is -0.142. The summed E-state index contributed by atoms with van der Waals surface area (Å²) in [5.74, 6) is -0.402. The van der Waals surface area contributed by atoms with E-state index in [4.69, 9.17) is 0 Å². The minimum absolute atomic E-state index is 0.0791. The molecule has 2 nitrogen and oxygen atoms in total. The van der Waals surface area contributed by atoms with Crippen molar-refractivity contribution in [2.75, 3.05) is 6.61 Å². The van der Waals surface area contributed by atoms with Gasteiger partial charge in [-0.05, 0) is 6.42 Å². The van der Waals surface area contributed by atoms with Crippen molar-refractivity contribution in [3.8, 4) is 0 Å². The molecular weight excluding hydrogens is 195 g/mol. The monoisotopic (exact) mass is 218 g/mol. The average Bonchev–Trinajstić information content (AvgIpc) is 2.20. The molecule has 0 aliphatic rings. The standard InChI is InChI=1S/C12H23FO2/c1-3-4-5-6-7-8-9-12(13)10-15-11(2)14/h12H,3-10H2,1-2H3. The van der Waals surface area contributed by atoms with Crippen LogP contribution >= 0.6 is 0 Å². The van der Waals surface area contributed by atoms with Crippen molar-refractivity contribution in [3.63, 3.8) is 0 Å². The molecule has 15 heavy (non-hydrogen) atoms. The largest absolute Gasteiger partial charge is 0.463 e. The van der Waals surface area contributed by atoms with E-state index in [1.807, 2.05) is 0 Å². The second-order valence-electron chi connectivity index (χ2n) is 3.96. The first-order valence-corrected chi connectivity index (χ1v) is 5.94. The fraction of sp³-hybridized carbons (Fsp3) is 0.917. The zero-order chi connectivity index (χ0) is 11.5. The number of hydrogen-bond acceptors (Lipinski definition) is 2. The number of carbonyl (C=O) groups is 1. The van der Waals surface area contributed by atoms with Crippen LogP contribution in [0, 0.1) is 0 Å². The minimum Gasteiger partial charge on any atom is -0.463 e. The molecule has 0 saturated heterocycles. The van der Waals surface area contributed by atoms with E-state index in [0.29, 0.717) is 6.42 Å². The van der Waals surface area contributed by atoms with E-state index in [1.54, 1.807) is 0 Å². The third kappa shape index (κ3) is 11.3. The molecule has 0 amide bonds. The van der Waals surface area contributed by atoms with Crippen LogP contribution in [0.15, 0.2) is 0 Å². The third-order valence-electron chi connectivity index (χ3n) is 2.34. The van der Waals surface area contributed by atoms with Crippen molar-refractivity contribution in [2.24, 2.45) is 0 Å². The number of alkyl halides is 1. The number of esters is 1. The van der Waals surface area contributed by atoms with Gasteiger partial charge < -0.3 is 4.74 Å². The fourth-order valence-electron chi connectivity index (χ4n) is 1.44. The van der Waals surface area contributed by atoms with E-state index in [9.17, 15) is 9.18 Å². The van der Waals surface area contributed by atoms with E-state index < -0.39 is 12.1 Å². The summed E-state index contributed by atoms with van der Waals surface area (Å²) in [5, 5.41) is 0. The molecule has 0 aromatic rings. The summed E-state index contributed by atoms with van der Waals surface area (Å²) in [7, 11) is 0. The highest BCUT2D eigenvalue weighted by atomic mass is 19.1. The predicted octanol–water partition coefficient (Wildman–Crippen LogP) is 3.64. The molecule has 3 heteroatoms. The highest BCUT2D eigenvalue weighted by molar-refractivity contribution is 5.65. The molecule has 0 radical (unpaired) electrons. The Hall–Kier alpha value is -0.600. The summed E-state index contributed by atoms with van der Waals surface area (Å²) in [6, 6.07) is 0. The number of rotatable bonds is 9. The van der Waals surface area contributed by atoms with Crippen molar-refractivity contribution >= 4 is 5.97 Å². The lowest BCUT2D eigenvalue weighted by Crippen LogP contribution is -2.12. The van der Waals surface area contributed by atoms with Gasteiger partial charge in [-0.3, -0.25) is 4.79 Å². The van der Waals surface area contributed by atoms with E-state index in [2.05, 4.69) is 11.7 Å². The Kier molecular flexibility index (Phi) is 9.54. The highest BCUT2D eigenvalue weighted by Gasteiger charge is 2.07. The van der Waals surface area contributed by atoms with Gasteiger partial charge in [-0.1, -0.05) is 45.4 Å². The molecule has 0 spiro atoms. The first kappa shape index (κ1) is 14.4. The van der Waals surface area contributed by atoms with Crippen molar-refractivity contribution in [1.82, 2.24) is 0 Å². The van der Waals surface area contributed by atoms with Crippen LogP contribution in [0.5, 0.6) is 0 Å². The maximum absolute atomic E-state index is 13.1. The van der Waals surface area contributed by atoms with Crippen molar-refractivity contribution < 1.29 is 13.9 Å². The molecule has 0 aromatic heterocycles. The average molecular weight is 218 g/mol. The molecule has 1 atom stereocenters. The van der Waals surface area contributed by atoms with Gasteiger partial charge in [0.2, 0.25) is 0 Å². The second kappa shape index (κ2) is 9.94. The Morgan fingerprint density at radius 1 is 1.20 bits per heavy atom. The summed E-state index contributed by atoms with van der Waals surface area (Å²) >= 11 is 0. The molecular formula is C12H23FO2. The second-order valence-corrected chi connectivity index (χ2v) is 3.96. The highest BCUT2D eigenvalue weighted by Crippen LogP contribution is 2.10. The summed E-state index contributed by atoms with van der Waals surface area (Å²) in [5.41, 5.74) is 0. The van der Waals surface area contributed by atoms with Gasteiger partial charge in [0, 0.05) is 6.92 Å². The molecule has 0 N–H and O–H groups in total. The molecule has 0 aliphatic heterocycles. The summed E-state index contributed by atoms with van der Waals surface area (Å²) < 4.78 is 17.6. The summed E-state index contributed by atoms with van der Waals surface area (Å²) in [6.45, 7) is 3.40. The quantitative estimate of drug-likeness (QED) is 0.436. The van der Waals surface area contributed by atoms with E-state index >= 15 is 0 Å². The van der Waals surface area contributed by atoms with E-state index in [-0.39, 0.29) is 6.61 Å². The molecule has 1 unspecified atom stereocenters. The number of ether oxygens (including phenoxy) is 1. The van der Waals surface area contributed by atoms with Gasteiger partial charge in [-0.25, -0.2) is 4.39 Å². The van der Waals surface area contributed by atoms with Crippen LogP contribution in [-0.2, 0) is 9.53 Å². The number of halogens is 1. The summed E-state index contributed by atoms with van der Waals surface area (Å²) in [6.07, 6.45) is 6.45. The summed E-state index contributed by atoms with van der Waals surface area (Å²) in [4.78, 5) is 10.4. The van der Waals surface area contributed by atoms with E-state index in [1.165, 1.54) is 32.6 Å². The van der Waals surface area contributed by atoms with Gasteiger partial charge in [0.05, 0.1) is 0 Å². The number of hydrogen-bond donors (Lipinski definition) is 0. The molecule has 0 bridgehead atoms. The lowest BCUT2D eigenvalue weighted by atomic mass is 10.1. The number of unbranched alkanes of at least 4 members (excludes halogenated alkanes) is 5. The van der Waals surface area contributed by atoms with Gasteiger partial charge in [0.1, 0.15) is 12.8 Å². The minimum atomic E-state index is -0.986. The number of carbonyl (C=O) groups excluding carboxylic acids is 1. The molecule has 0 rings (SSSR count). The fourth-order valence-corrected chi connectivity index (χ4v) is 1.44. The Balaban J connectivity index is 3.16. The molecule has 0 saturated carbocycles. The Labute approximate surface area is 92.2 Å².